The zero-order valence-corrected chi connectivity index (χ0v) is 12.2. The minimum Gasteiger partial charge on any atom is -0.368 e. The molecule has 3 nitrogen and oxygen atoms in total. The number of hydrogen-bond acceptors (Lipinski definition) is 2. The maximum atomic E-state index is 11.9. The fraction of sp³-hybridized carbons (Fsp3) is 0.500. The molecule has 2 rings (SSSR count). The standard InChI is InChI=1S/C14H19BrN2O/c1-14(13(16)18,17-12-7-2-3-8-12)10-5-4-6-11(15)9-10/h4-6,9,12,17H,2-3,7-8H2,1H3,(H2,16,18). The molecule has 1 unspecified atom stereocenters. The van der Waals surface area contributed by atoms with Crippen molar-refractivity contribution in [2.24, 2.45) is 5.73 Å². The predicted molar refractivity (Wildman–Crippen MR) is 76.1 cm³/mol. The molecule has 0 aliphatic heterocycles. The first-order valence-corrected chi connectivity index (χ1v) is 7.15. The molecule has 1 atom stereocenters. The number of hydrogen-bond donors (Lipinski definition) is 2. The number of rotatable bonds is 4. The highest BCUT2D eigenvalue weighted by Gasteiger charge is 2.36. The summed E-state index contributed by atoms with van der Waals surface area (Å²) in [5, 5.41) is 3.44. The first kappa shape index (κ1) is 13.6. The molecule has 98 valence electrons. The van der Waals surface area contributed by atoms with Gasteiger partial charge in [-0.15, -0.1) is 0 Å². The predicted octanol–water partition coefficient (Wildman–Crippen LogP) is 2.68. The Kier molecular flexibility index (Phi) is 4.07. The van der Waals surface area contributed by atoms with Crippen LogP contribution in [0.1, 0.15) is 38.2 Å². The third-order valence-corrected chi connectivity index (χ3v) is 4.24. The molecule has 1 fully saturated rings. The molecule has 4 heteroatoms. The molecule has 1 saturated carbocycles. The van der Waals surface area contributed by atoms with Gasteiger partial charge in [0, 0.05) is 10.5 Å². The van der Waals surface area contributed by atoms with E-state index in [4.69, 9.17) is 5.73 Å². The zero-order chi connectivity index (χ0) is 13.2. The normalized spacial score (nSPS) is 19.7. The number of nitrogens with two attached hydrogens (primary N) is 1. The van der Waals surface area contributed by atoms with E-state index in [1.54, 1.807) is 0 Å². The maximum Gasteiger partial charge on any atom is 0.242 e. The number of carbonyl (C=O) groups is 1. The smallest absolute Gasteiger partial charge is 0.242 e. The monoisotopic (exact) mass is 310 g/mol. The van der Waals surface area contributed by atoms with E-state index in [0.717, 1.165) is 22.9 Å². The van der Waals surface area contributed by atoms with Gasteiger partial charge >= 0.3 is 0 Å². The van der Waals surface area contributed by atoms with Crippen molar-refractivity contribution >= 4 is 21.8 Å². The second-order valence-electron chi connectivity index (χ2n) is 5.13. The van der Waals surface area contributed by atoms with Gasteiger partial charge in [-0.1, -0.05) is 40.9 Å². The SMILES string of the molecule is CC(NC1CCCC1)(C(N)=O)c1cccc(Br)c1. The molecular weight excluding hydrogens is 292 g/mol. The molecule has 1 aromatic carbocycles. The van der Waals surface area contributed by atoms with Crippen LogP contribution in [0, 0.1) is 0 Å². The van der Waals surface area contributed by atoms with Gasteiger partial charge < -0.3 is 5.73 Å². The zero-order valence-electron chi connectivity index (χ0n) is 10.6. The second-order valence-corrected chi connectivity index (χ2v) is 6.04. The summed E-state index contributed by atoms with van der Waals surface area (Å²) in [4.78, 5) is 11.9. The number of benzene rings is 1. The van der Waals surface area contributed by atoms with Crippen molar-refractivity contribution in [3.63, 3.8) is 0 Å². The van der Waals surface area contributed by atoms with Crippen LogP contribution in [-0.2, 0) is 10.3 Å². The summed E-state index contributed by atoms with van der Waals surface area (Å²) < 4.78 is 0.959. The number of nitrogens with one attached hydrogen (secondary N) is 1. The number of halogens is 1. The van der Waals surface area contributed by atoms with Crippen LogP contribution in [0.25, 0.3) is 0 Å². The minimum atomic E-state index is -0.793. The summed E-state index contributed by atoms with van der Waals surface area (Å²) in [5.41, 5.74) is 5.73. The number of primary amides is 1. The largest absolute Gasteiger partial charge is 0.368 e. The molecule has 1 aromatic rings. The first-order valence-electron chi connectivity index (χ1n) is 6.36. The van der Waals surface area contributed by atoms with E-state index in [2.05, 4.69) is 21.2 Å². The van der Waals surface area contributed by atoms with Crippen LogP contribution in [0.15, 0.2) is 28.7 Å². The summed E-state index contributed by atoms with van der Waals surface area (Å²) in [6.07, 6.45) is 4.70. The lowest BCUT2D eigenvalue weighted by Gasteiger charge is -2.31. The molecule has 3 N–H and O–H groups in total. The molecule has 0 radical (unpaired) electrons. The fourth-order valence-corrected chi connectivity index (χ4v) is 2.97. The van der Waals surface area contributed by atoms with Crippen molar-refractivity contribution < 1.29 is 4.79 Å². The van der Waals surface area contributed by atoms with Crippen LogP contribution < -0.4 is 11.1 Å². The Morgan fingerprint density at radius 2 is 2.11 bits per heavy atom. The van der Waals surface area contributed by atoms with Gasteiger partial charge in [0.1, 0.15) is 5.54 Å². The molecule has 0 bridgehead atoms. The van der Waals surface area contributed by atoms with Crippen molar-refractivity contribution in [2.45, 2.75) is 44.2 Å². The van der Waals surface area contributed by atoms with E-state index in [1.807, 2.05) is 31.2 Å². The lowest BCUT2D eigenvalue weighted by Crippen LogP contribution is -2.53. The summed E-state index contributed by atoms with van der Waals surface area (Å²) in [6.45, 7) is 1.87. The van der Waals surface area contributed by atoms with Crippen molar-refractivity contribution in [3.8, 4) is 0 Å². The highest BCUT2D eigenvalue weighted by atomic mass is 79.9. The van der Waals surface area contributed by atoms with Gasteiger partial charge in [0.25, 0.3) is 0 Å². The number of amides is 1. The highest BCUT2D eigenvalue weighted by Crippen LogP contribution is 2.28. The Morgan fingerprint density at radius 1 is 1.44 bits per heavy atom. The van der Waals surface area contributed by atoms with Gasteiger partial charge in [0.15, 0.2) is 0 Å². The Labute approximate surface area is 116 Å². The van der Waals surface area contributed by atoms with Crippen LogP contribution in [0.5, 0.6) is 0 Å². The molecule has 0 aromatic heterocycles. The van der Waals surface area contributed by atoms with Crippen LogP contribution >= 0.6 is 15.9 Å². The average Bonchev–Trinajstić information content (AvgIpc) is 2.81. The third-order valence-electron chi connectivity index (χ3n) is 3.74. The summed E-state index contributed by atoms with van der Waals surface area (Å²) in [7, 11) is 0. The van der Waals surface area contributed by atoms with Crippen molar-refractivity contribution in [2.75, 3.05) is 0 Å². The molecule has 1 amide bonds. The highest BCUT2D eigenvalue weighted by molar-refractivity contribution is 9.10. The minimum absolute atomic E-state index is 0.326. The molecule has 1 aliphatic carbocycles. The van der Waals surface area contributed by atoms with E-state index in [1.165, 1.54) is 12.8 Å². The van der Waals surface area contributed by atoms with E-state index in [9.17, 15) is 4.79 Å². The Balaban J connectivity index is 2.28. The van der Waals surface area contributed by atoms with Crippen LogP contribution in [0.3, 0.4) is 0 Å². The van der Waals surface area contributed by atoms with E-state index >= 15 is 0 Å². The Hall–Kier alpha value is -0.870. The Bertz CT molecular complexity index is 443. The van der Waals surface area contributed by atoms with Gasteiger partial charge in [0.2, 0.25) is 5.91 Å². The molecule has 18 heavy (non-hydrogen) atoms. The molecular formula is C14H19BrN2O. The molecule has 0 heterocycles. The third kappa shape index (κ3) is 2.75. The van der Waals surface area contributed by atoms with Crippen LogP contribution in [-0.4, -0.2) is 11.9 Å². The van der Waals surface area contributed by atoms with E-state index < -0.39 is 5.54 Å². The summed E-state index contributed by atoms with van der Waals surface area (Å²) >= 11 is 3.44. The number of carbonyl (C=O) groups excluding carboxylic acids is 1. The van der Waals surface area contributed by atoms with E-state index in [-0.39, 0.29) is 5.91 Å². The van der Waals surface area contributed by atoms with Gasteiger partial charge in [-0.25, -0.2) is 0 Å². The lowest BCUT2D eigenvalue weighted by atomic mass is 9.90. The van der Waals surface area contributed by atoms with Gasteiger partial charge in [0.05, 0.1) is 0 Å². The summed E-state index contributed by atoms with van der Waals surface area (Å²) in [6, 6.07) is 8.16. The van der Waals surface area contributed by atoms with Gasteiger partial charge in [-0.05, 0) is 37.5 Å². The lowest BCUT2D eigenvalue weighted by molar-refractivity contribution is -0.124. The van der Waals surface area contributed by atoms with Crippen LogP contribution in [0.2, 0.25) is 0 Å². The van der Waals surface area contributed by atoms with Crippen LogP contribution in [0.4, 0.5) is 0 Å². The van der Waals surface area contributed by atoms with Crippen molar-refractivity contribution in [1.82, 2.24) is 5.32 Å². The fourth-order valence-electron chi connectivity index (χ4n) is 2.57. The first-order chi connectivity index (χ1) is 8.52. The summed E-state index contributed by atoms with van der Waals surface area (Å²) in [5.74, 6) is -0.326. The topological polar surface area (TPSA) is 55.1 Å². The van der Waals surface area contributed by atoms with E-state index in [0.29, 0.717) is 6.04 Å². The maximum absolute atomic E-state index is 11.9. The molecule has 1 aliphatic rings. The van der Waals surface area contributed by atoms with Crippen molar-refractivity contribution in [3.05, 3.63) is 34.3 Å². The molecule has 0 spiro atoms. The van der Waals surface area contributed by atoms with Gasteiger partial charge in [-0.3, -0.25) is 10.1 Å². The van der Waals surface area contributed by atoms with Gasteiger partial charge in [-0.2, -0.15) is 0 Å². The second kappa shape index (κ2) is 5.41. The average molecular weight is 311 g/mol. The quantitative estimate of drug-likeness (QED) is 0.898. The Morgan fingerprint density at radius 3 is 2.67 bits per heavy atom. The molecule has 0 saturated heterocycles. The van der Waals surface area contributed by atoms with Crippen molar-refractivity contribution in [1.29, 1.82) is 0 Å².